The lowest BCUT2D eigenvalue weighted by atomic mass is 9.96. The normalized spacial score (nSPS) is 11.5. The summed E-state index contributed by atoms with van der Waals surface area (Å²) in [6, 6.07) is 0. The summed E-state index contributed by atoms with van der Waals surface area (Å²) in [5.74, 6) is 0.302. The van der Waals surface area contributed by atoms with Crippen molar-refractivity contribution in [3.63, 3.8) is 0 Å². The summed E-state index contributed by atoms with van der Waals surface area (Å²) in [7, 11) is 0. The van der Waals surface area contributed by atoms with Crippen LogP contribution in [0.1, 0.15) is 40.3 Å². The van der Waals surface area contributed by atoms with E-state index in [1.807, 2.05) is 34.6 Å². The van der Waals surface area contributed by atoms with Crippen LogP contribution in [0.4, 0.5) is 5.13 Å². The van der Waals surface area contributed by atoms with E-state index in [4.69, 9.17) is 0 Å². The van der Waals surface area contributed by atoms with Crippen molar-refractivity contribution < 1.29 is 9.59 Å². The van der Waals surface area contributed by atoms with Crippen LogP contribution in [0.15, 0.2) is 5.38 Å². The summed E-state index contributed by atoms with van der Waals surface area (Å²) in [5.41, 5.74) is 0.223. The Bertz CT molecular complexity index is 475. The summed E-state index contributed by atoms with van der Waals surface area (Å²) in [6.07, 6.45) is 0.245. The van der Waals surface area contributed by atoms with Crippen molar-refractivity contribution in [1.29, 1.82) is 0 Å². The first-order valence-electron chi connectivity index (χ1n) is 6.71. The Labute approximate surface area is 124 Å². The number of thiazole rings is 1. The molecule has 112 valence electrons. The molecule has 0 atom stereocenters. The van der Waals surface area contributed by atoms with E-state index < -0.39 is 5.41 Å². The number of nitrogens with zero attached hydrogens (tertiary/aromatic N) is 1. The van der Waals surface area contributed by atoms with Gasteiger partial charge in [-0.15, -0.1) is 11.3 Å². The molecule has 2 N–H and O–H groups in total. The molecule has 0 fully saturated rings. The monoisotopic (exact) mass is 297 g/mol. The quantitative estimate of drug-likeness (QED) is 0.877. The Morgan fingerprint density at radius 3 is 2.55 bits per heavy atom. The van der Waals surface area contributed by atoms with E-state index in [9.17, 15) is 9.59 Å². The van der Waals surface area contributed by atoms with Crippen LogP contribution in [0.5, 0.6) is 0 Å². The van der Waals surface area contributed by atoms with Gasteiger partial charge in [-0.1, -0.05) is 34.6 Å². The SMILES string of the molecule is CC(C)CNC(=O)Cc1csc(NC(=O)C(C)(C)C)n1. The zero-order chi connectivity index (χ0) is 15.3. The molecule has 5 nitrogen and oxygen atoms in total. The highest BCUT2D eigenvalue weighted by molar-refractivity contribution is 7.13. The first-order valence-corrected chi connectivity index (χ1v) is 7.59. The number of hydrogen-bond donors (Lipinski definition) is 2. The standard InChI is InChI=1S/C14H23N3O2S/c1-9(2)7-15-11(18)6-10-8-20-13(16-10)17-12(19)14(3,4)5/h8-9H,6-7H2,1-5H3,(H,15,18)(H,16,17,19). The van der Waals surface area contributed by atoms with Crippen molar-refractivity contribution in [3.8, 4) is 0 Å². The number of amides is 2. The topological polar surface area (TPSA) is 71.1 Å². The number of hydrogen-bond acceptors (Lipinski definition) is 4. The van der Waals surface area contributed by atoms with Crippen LogP contribution in [0.2, 0.25) is 0 Å². The van der Waals surface area contributed by atoms with E-state index in [0.717, 1.165) is 0 Å². The maximum atomic E-state index is 11.8. The van der Waals surface area contributed by atoms with E-state index in [2.05, 4.69) is 15.6 Å². The van der Waals surface area contributed by atoms with Crippen LogP contribution in [0.3, 0.4) is 0 Å². The Kier molecular flexibility index (Phi) is 5.68. The van der Waals surface area contributed by atoms with Crippen molar-refractivity contribution in [2.45, 2.75) is 41.0 Å². The van der Waals surface area contributed by atoms with E-state index in [-0.39, 0.29) is 18.2 Å². The summed E-state index contributed by atoms with van der Waals surface area (Å²) >= 11 is 1.34. The highest BCUT2D eigenvalue weighted by Crippen LogP contribution is 2.20. The van der Waals surface area contributed by atoms with Crippen molar-refractivity contribution in [3.05, 3.63) is 11.1 Å². The molecule has 1 aromatic rings. The molecule has 0 bridgehead atoms. The second-order valence-electron chi connectivity index (χ2n) is 6.22. The lowest BCUT2D eigenvalue weighted by Crippen LogP contribution is -2.29. The molecule has 0 radical (unpaired) electrons. The Morgan fingerprint density at radius 1 is 1.35 bits per heavy atom. The predicted molar refractivity (Wildman–Crippen MR) is 81.8 cm³/mol. The largest absolute Gasteiger partial charge is 0.356 e. The lowest BCUT2D eigenvalue weighted by molar-refractivity contribution is -0.123. The predicted octanol–water partition coefficient (Wildman–Crippen LogP) is 2.44. The highest BCUT2D eigenvalue weighted by atomic mass is 32.1. The minimum atomic E-state index is -0.458. The van der Waals surface area contributed by atoms with Gasteiger partial charge in [0.2, 0.25) is 11.8 Å². The average Bonchev–Trinajstić information content (AvgIpc) is 2.72. The van der Waals surface area contributed by atoms with E-state index >= 15 is 0 Å². The van der Waals surface area contributed by atoms with Gasteiger partial charge in [0.05, 0.1) is 12.1 Å². The molecular formula is C14H23N3O2S. The highest BCUT2D eigenvalue weighted by Gasteiger charge is 2.22. The van der Waals surface area contributed by atoms with Crippen LogP contribution in [0.25, 0.3) is 0 Å². The first-order chi connectivity index (χ1) is 9.18. The Balaban J connectivity index is 2.51. The smallest absolute Gasteiger partial charge is 0.231 e. The van der Waals surface area contributed by atoms with Gasteiger partial charge >= 0.3 is 0 Å². The molecule has 0 unspecified atom stereocenters. The maximum Gasteiger partial charge on any atom is 0.231 e. The minimum Gasteiger partial charge on any atom is -0.356 e. The van der Waals surface area contributed by atoms with Crippen LogP contribution in [-0.4, -0.2) is 23.3 Å². The summed E-state index contributed by atoms with van der Waals surface area (Å²) in [4.78, 5) is 27.7. The lowest BCUT2D eigenvalue weighted by Gasteiger charge is -2.15. The number of carbonyl (C=O) groups excluding carboxylic acids is 2. The van der Waals surface area contributed by atoms with Crippen molar-refractivity contribution in [1.82, 2.24) is 10.3 Å². The van der Waals surface area contributed by atoms with Crippen LogP contribution in [-0.2, 0) is 16.0 Å². The summed E-state index contributed by atoms with van der Waals surface area (Å²) < 4.78 is 0. The fourth-order valence-electron chi connectivity index (χ4n) is 1.28. The molecule has 0 aliphatic heterocycles. The molecule has 1 aromatic heterocycles. The third kappa shape index (κ3) is 5.69. The van der Waals surface area contributed by atoms with Crippen LogP contribution < -0.4 is 10.6 Å². The fourth-order valence-corrected chi connectivity index (χ4v) is 1.98. The molecule has 0 saturated heterocycles. The molecule has 0 saturated carbocycles. The van der Waals surface area contributed by atoms with Crippen molar-refractivity contribution >= 4 is 28.3 Å². The average molecular weight is 297 g/mol. The molecule has 1 heterocycles. The summed E-state index contributed by atoms with van der Waals surface area (Å²) in [5, 5.41) is 7.94. The number of anilines is 1. The van der Waals surface area contributed by atoms with Gasteiger partial charge in [-0.25, -0.2) is 4.98 Å². The molecular weight excluding hydrogens is 274 g/mol. The molecule has 0 aromatic carbocycles. The zero-order valence-electron chi connectivity index (χ0n) is 12.7. The second kappa shape index (κ2) is 6.83. The zero-order valence-corrected chi connectivity index (χ0v) is 13.6. The summed E-state index contributed by atoms with van der Waals surface area (Å²) in [6.45, 7) is 10.3. The molecule has 1 rings (SSSR count). The molecule has 0 aliphatic rings. The van der Waals surface area contributed by atoms with Crippen LogP contribution in [0, 0.1) is 11.3 Å². The van der Waals surface area contributed by atoms with E-state index in [1.54, 1.807) is 5.38 Å². The number of nitrogens with one attached hydrogen (secondary N) is 2. The van der Waals surface area contributed by atoms with Gasteiger partial charge in [0.1, 0.15) is 0 Å². The van der Waals surface area contributed by atoms with Gasteiger partial charge in [-0.2, -0.15) is 0 Å². The Morgan fingerprint density at radius 2 is 2.00 bits per heavy atom. The Hall–Kier alpha value is -1.43. The van der Waals surface area contributed by atoms with Gasteiger partial charge < -0.3 is 10.6 Å². The molecule has 20 heavy (non-hydrogen) atoms. The van der Waals surface area contributed by atoms with Gasteiger partial charge in [0.15, 0.2) is 5.13 Å². The van der Waals surface area contributed by atoms with Gasteiger partial charge in [0.25, 0.3) is 0 Å². The number of aromatic nitrogens is 1. The fraction of sp³-hybridized carbons (Fsp3) is 0.643. The van der Waals surface area contributed by atoms with Gasteiger partial charge in [-0.05, 0) is 5.92 Å². The van der Waals surface area contributed by atoms with Gasteiger partial charge in [-0.3, -0.25) is 9.59 Å². The molecule has 0 aliphatic carbocycles. The van der Waals surface area contributed by atoms with E-state index in [0.29, 0.717) is 23.3 Å². The number of carbonyl (C=O) groups is 2. The second-order valence-corrected chi connectivity index (χ2v) is 7.08. The van der Waals surface area contributed by atoms with Crippen molar-refractivity contribution in [2.75, 3.05) is 11.9 Å². The molecule has 2 amide bonds. The van der Waals surface area contributed by atoms with Crippen LogP contribution >= 0.6 is 11.3 Å². The maximum absolute atomic E-state index is 11.8. The van der Waals surface area contributed by atoms with Crippen molar-refractivity contribution in [2.24, 2.45) is 11.3 Å². The minimum absolute atomic E-state index is 0.0438. The molecule has 0 spiro atoms. The third-order valence-electron chi connectivity index (χ3n) is 2.50. The third-order valence-corrected chi connectivity index (χ3v) is 3.31. The van der Waals surface area contributed by atoms with E-state index in [1.165, 1.54) is 11.3 Å². The molecule has 6 heteroatoms. The first kappa shape index (κ1) is 16.6. The number of rotatable bonds is 5. The van der Waals surface area contributed by atoms with Gasteiger partial charge in [0, 0.05) is 17.3 Å².